The summed E-state index contributed by atoms with van der Waals surface area (Å²) in [6.07, 6.45) is -0.780. The van der Waals surface area contributed by atoms with Crippen molar-refractivity contribution in [1.82, 2.24) is 0 Å². The highest BCUT2D eigenvalue weighted by atomic mass is 16.6. The Kier molecular flexibility index (Phi) is 3.84. The van der Waals surface area contributed by atoms with Crippen molar-refractivity contribution in [3.8, 4) is 0 Å². The smallest absolute Gasteiger partial charge is 0.335 e. The van der Waals surface area contributed by atoms with E-state index in [1.54, 1.807) is 0 Å². The van der Waals surface area contributed by atoms with Gasteiger partial charge in [0.2, 0.25) is 0 Å². The second kappa shape index (κ2) is 4.92. The Morgan fingerprint density at radius 2 is 1.29 bits per heavy atom. The fraction of sp³-hybridized carbons (Fsp3) is 0.750. The summed E-state index contributed by atoms with van der Waals surface area (Å²) in [7, 11) is 0. The summed E-state index contributed by atoms with van der Waals surface area (Å²) in [5.41, 5.74) is 0. The average Bonchev–Trinajstić information content (AvgIpc) is 2.67. The van der Waals surface area contributed by atoms with Gasteiger partial charge in [-0.2, -0.15) is 0 Å². The topological polar surface area (TPSA) is 93.1 Å². The SMILES string of the molecule is O=C1OCC[C@H]1O.O=C1OCC[C@H]1O. The number of hydrogen-bond acceptors (Lipinski definition) is 6. The number of ether oxygens (including phenoxy) is 2. The summed E-state index contributed by atoms with van der Waals surface area (Å²) in [5.74, 6) is -0.972. The Labute approximate surface area is 80.4 Å². The Hall–Kier alpha value is -1.14. The molecule has 0 bridgehead atoms. The van der Waals surface area contributed by atoms with Gasteiger partial charge < -0.3 is 19.7 Å². The lowest BCUT2D eigenvalue weighted by atomic mass is 10.3. The van der Waals surface area contributed by atoms with Crippen LogP contribution in [0.25, 0.3) is 0 Å². The van der Waals surface area contributed by atoms with E-state index in [0.717, 1.165) is 0 Å². The van der Waals surface area contributed by atoms with Crippen molar-refractivity contribution in [1.29, 1.82) is 0 Å². The van der Waals surface area contributed by atoms with Gasteiger partial charge in [0.1, 0.15) is 0 Å². The second-order valence-electron chi connectivity index (χ2n) is 2.94. The third-order valence-corrected chi connectivity index (χ3v) is 1.82. The fourth-order valence-corrected chi connectivity index (χ4v) is 0.970. The molecule has 0 aromatic heterocycles. The van der Waals surface area contributed by atoms with E-state index >= 15 is 0 Å². The Balaban J connectivity index is 0.000000140. The molecule has 6 nitrogen and oxygen atoms in total. The number of aliphatic hydroxyl groups is 2. The first-order chi connectivity index (χ1) is 6.61. The molecule has 2 saturated heterocycles. The predicted octanol–water partition coefficient (Wildman–Crippen LogP) is -1.41. The molecule has 6 heteroatoms. The minimum absolute atomic E-state index is 0.375. The summed E-state index contributed by atoms with van der Waals surface area (Å²) in [6.45, 7) is 0.750. The normalized spacial score (nSPS) is 30.4. The van der Waals surface area contributed by atoms with E-state index in [9.17, 15) is 9.59 Å². The second-order valence-corrected chi connectivity index (χ2v) is 2.94. The standard InChI is InChI=1S/2C4H6O3/c2*5-3-1-2-7-4(3)6/h2*3,5H,1-2H2/t2*3-/m11/s1. The molecule has 2 rings (SSSR count). The molecule has 80 valence electrons. The molecule has 2 fully saturated rings. The largest absolute Gasteiger partial charge is 0.464 e. The number of hydrogen-bond donors (Lipinski definition) is 2. The quantitative estimate of drug-likeness (QED) is 0.471. The lowest BCUT2D eigenvalue weighted by Crippen LogP contribution is -2.11. The zero-order chi connectivity index (χ0) is 10.6. The van der Waals surface area contributed by atoms with Crippen molar-refractivity contribution in [3.05, 3.63) is 0 Å². The molecule has 0 radical (unpaired) electrons. The number of carbonyl (C=O) groups is 2. The highest BCUT2D eigenvalue weighted by molar-refractivity contribution is 5.76. The summed E-state index contributed by atoms with van der Waals surface area (Å²) < 4.78 is 8.75. The Morgan fingerprint density at radius 1 is 0.929 bits per heavy atom. The van der Waals surface area contributed by atoms with Gasteiger partial charge in [-0.05, 0) is 0 Å². The molecular weight excluding hydrogens is 192 g/mol. The highest BCUT2D eigenvalue weighted by Gasteiger charge is 2.23. The zero-order valence-corrected chi connectivity index (χ0v) is 7.51. The fourth-order valence-electron chi connectivity index (χ4n) is 0.970. The van der Waals surface area contributed by atoms with Gasteiger partial charge in [-0.15, -0.1) is 0 Å². The molecule has 14 heavy (non-hydrogen) atoms. The lowest BCUT2D eigenvalue weighted by molar-refractivity contribution is -0.145. The average molecular weight is 204 g/mol. The molecule has 2 aliphatic rings. The number of rotatable bonds is 0. The van der Waals surface area contributed by atoms with Gasteiger partial charge in [-0.25, -0.2) is 9.59 Å². The van der Waals surface area contributed by atoms with Gasteiger partial charge in [-0.3, -0.25) is 0 Å². The predicted molar refractivity (Wildman–Crippen MR) is 43.2 cm³/mol. The molecule has 0 aromatic carbocycles. The molecule has 2 N–H and O–H groups in total. The summed E-state index contributed by atoms with van der Waals surface area (Å²) >= 11 is 0. The first-order valence-electron chi connectivity index (χ1n) is 4.30. The Morgan fingerprint density at radius 3 is 1.36 bits per heavy atom. The summed E-state index contributed by atoms with van der Waals surface area (Å²) in [5, 5.41) is 17.0. The molecule has 0 saturated carbocycles. The van der Waals surface area contributed by atoms with E-state index in [1.165, 1.54) is 0 Å². The van der Waals surface area contributed by atoms with Crippen LogP contribution in [0.5, 0.6) is 0 Å². The van der Waals surface area contributed by atoms with Gasteiger partial charge in [0.15, 0.2) is 12.2 Å². The first-order valence-corrected chi connectivity index (χ1v) is 4.30. The van der Waals surface area contributed by atoms with Crippen LogP contribution in [-0.4, -0.2) is 47.6 Å². The lowest BCUT2D eigenvalue weighted by Gasteiger charge is -1.88. The van der Waals surface area contributed by atoms with Gasteiger partial charge in [0.25, 0.3) is 0 Å². The van der Waals surface area contributed by atoms with Crippen molar-refractivity contribution in [3.63, 3.8) is 0 Å². The van der Waals surface area contributed by atoms with E-state index in [0.29, 0.717) is 26.1 Å². The minimum Gasteiger partial charge on any atom is -0.464 e. The van der Waals surface area contributed by atoms with Crippen LogP contribution in [0.4, 0.5) is 0 Å². The third-order valence-electron chi connectivity index (χ3n) is 1.82. The summed E-state index contributed by atoms with van der Waals surface area (Å²) in [4.78, 5) is 20.2. The van der Waals surface area contributed by atoms with E-state index in [1.807, 2.05) is 0 Å². The maximum atomic E-state index is 10.1. The van der Waals surface area contributed by atoms with Gasteiger partial charge >= 0.3 is 11.9 Å². The molecule has 0 aromatic rings. The van der Waals surface area contributed by atoms with Crippen molar-refractivity contribution in [2.45, 2.75) is 25.0 Å². The van der Waals surface area contributed by atoms with Crippen LogP contribution in [0, 0.1) is 0 Å². The molecule has 0 spiro atoms. The van der Waals surface area contributed by atoms with E-state index in [-0.39, 0.29) is 0 Å². The van der Waals surface area contributed by atoms with Crippen LogP contribution in [0.2, 0.25) is 0 Å². The Bertz CT molecular complexity index is 202. The molecule has 0 aliphatic carbocycles. The van der Waals surface area contributed by atoms with Crippen LogP contribution < -0.4 is 0 Å². The first kappa shape index (κ1) is 10.9. The van der Waals surface area contributed by atoms with E-state index in [4.69, 9.17) is 10.2 Å². The van der Waals surface area contributed by atoms with Crippen LogP contribution >= 0.6 is 0 Å². The maximum absolute atomic E-state index is 10.1. The molecule has 2 atom stereocenters. The third kappa shape index (κ3) is 2.97. The van der Waals surface area contributed by atoms with Crippen LogP contribution in [0.15, 0.2) is 0 Å². The number of esters is 2. The van der Waals surface area contributed by atoms with Crippen molar-refractivity contribution < 1.29 is 29.3 Å². The minimum atomic E-state index is -0.847. The van der Waals surface area contributed by atoms with Crippen LogP contribution in [0.3, 0.4) is 0 Å². The van der Waals surface area contributed by atoms with Gasteiger partial charge in [0, 0.05) is 12.8 Å². The molecule has 2 aliphatic heterocycles. The monoisotopic (exact) mass is 204 g/mol. The van der Waals surface area contributed by atoms with Crippen LogP contribution in [-0.2, 0) is 19.1 Å². The van der Waals surface area contributed by atoms with Crippen molar-refractivity contribution >= 4 is 11.9 Å². The zero-order valence-electron chi connectivity index (χ0n) is 7.51. The number of carbonyl (C=O) groups excluding carboxylic acids is 2. The molecular formula is C8H12O6. The summed E-state index contributed by atoms with van der Waals surface area (Å²) in [6, 6.07) is 0. The number of cyclic esters (lactones) is 2. The van der Waals surface area contributed by atoms with E-state index < -0.39 is 24.1 Å². The maximum Gasteiger partial charge on any atom is 0.335 e. The van der Waals surface area contributed by atoms with Crippen molar-refractivity contribution in [2.24, 2.45) is 0 Å². The van der Waals surface area contributed by atoms with Crippen LogP contribution in [0.1, 0.15) is 12.8 Å². The molecule has 0 unspecified atom stereocenters. The van der Waals surface area contributed by atoms with Crippen molar-refractivity contribution in [2.75, 3.05) is 13.2 Å². The van der Waals surface area contributed by atoms with Gasteiger partial charge in [0.05, 0.1) is 13.2 Å². The van der Waals surface area contributed by atoms with Gasteiger partial charge in [-0.1, -0.05) is 0 Å². The number of aliphatic hydroxyl groups excluding tert-OH is 2. The highest BCUT2D eigenvalue weighted by Crippen LogP contribution is 2.03. The molecule has 0 amide bonds. The van der Waals surface area contributed by atoms with E-state index in [2.05, 4.69) is 9.47 Å². The molecule has 2 heterocycles.